The molecule has 1 saturated heterocycles. The van der Waals surface area contributed by atoms with Gasteiger partial charge in [0, 0.05) is 35.2 Å². The van der Waals surface area contributed by atoms with Crippen molar-refractivity contribution in [1.29, 1.82) is 0 Å². The molecule has 1 unspecified atom stereocenters. The molecule has 4 N–H and O–H groups in total. The summed E-state index contributed by atoms with van der Waals surface area (Å²) in [6.45, 7) is 0.494. The number of nitrogens with zero attached hydrogens (tertiary/aromatic N) is 1. The van der Waals surface area contributed by atoms with E-state index in [0.29, 0.717) is 46.6 Å². The fraction of sp³-hybridized carbons (Fsp3) is 0.346. The van der Waals surface area contributed by atoms with Crippen molar-refractivity contribution in [1.82, 2.24) is 15.6 Å². The van der Waals surface area contributed by atoms with E-state index in [0.717, 1.165) is 5.56 Å². The normalized spacial score (nSPS) is 16.4. The molecule has 1 atom stereocenters. The number of hydrogen-bond donors (Lipinski definition) is 3. The number of aryl methyl sites for hydroxylation is 1. The number of Topliss-reactive ketones (excluding diaryl/α,β-unsaturated/α-hetero) is 1. The number of carbonyl (C=O) groups excluding carboxylic acids is 4. The van der Waals surface area contributed by atoms with E-state index in [9.17, 15) is 28.0 Å². The second kappa shape index (κ2) is 14.0. The Bertz CT molecular complexity index is 1500. The second-order valence-corrected chi connectivity index (χ2v) is 11.1. The van der Waals surface area contributed by atoms with Crippen LogP contribution in [0.4, 0.5) is 19.3 Å². The standard InChI is InChI=1S/C21H18ClF2N3O3S.C5H7N2O2.K/c1-21(2,18-26-17-15(30-19(23)24)8-11(22)9-16(17)31-18)27-20(29)25-12-4-5-13-10(7-12)3-6-14(13)28;6-3-1-2-4(8)7-5(3)9;/h4-5,7-9,19H,3,6H2,1-2H3,(H2,25,27,29);3,6H,1-2H2,(H,7,8,9);/q;-1;+1. The number of anilines is 1. The second-order valence-electron chi connectivity index (χ2n) is 9.65. The van der Waals surface area contributed by atoms with Gasteiger partial charge in [0.2, 0.25) is 11.8 Å². The Balaban J connectivity index is 0.000000396. The number of aromatic nitrogens is 1. The maximum Gasteiger partial charge on any atom is 1.00 e. The molecule has 2 aliphatic rings. The number of benzene rings is 2. The van der Waals surface area contributed by atoms with Crippen LogP contribution in [-0.4, -0.2) is 41.3 Å². The van der Waals surface area contributed by atoms with Gasteiger partial charge in [-0.3, -0.25) is 19.7 Å². The first-order valence-corrected chi connectivity index (χ1v) is 13.4. The van der Waals surface area contributed by atoms with Crippen molar-refractivity contribution >= 4 is 62.5 Å². The summed E-state index contributed by atoms with van der Waals surface area (Å²) in [4.78, 5) is 49.7. The van der Waals surface area contributed by atoms with Crippen molar-refractivity contribution in [2.45, 2.75) is 57.7 Å². The summed E-state index contributed by atoms with van der Waals surface area (Å²) in [7, 11) is 0. The van der Waals surface area contributed by atoms with Crippen LogP contribution < -0.4 is 72.1 Å². The van der Waals surface area contributed by atoms with Gasteiger partial charge < -0.3 is 21.1 Å². The van der Waals surface area contributed by atoms with Gasteiger partial charge in [-0.1, -0.05) is 24.1 Å². The average molecular weight is 632 g/mol. The van der Waals surface area contributed by atoms with E-state index in [4.69, 9.17) is 17.3 Å². The Kier molecular flexibility index (Phi) is 11.4. The first kappa shape index (κ1) is 33.5. The topological polar surface area (TPSA) is 150 Å². The molecule has 15 heteroatoms. The van der Waals surface area contributed by atoms with Crippen LogP contribution in [0, 0.1) is 0 Å². The number of ketones is 1. The summed E-state index contributed by atoms with van der Waals surface area (Å²) in [5, 5.41) is 8.42. The maximum absolute atomic E-state index is 12.7. The van der Waals surface area contributed by atoms with Crippen LogP contribution in [0.1, 0.15) is 54.0 Å². The van der Waals surface area contributed by atoms with Crippen molar-refractivity contribution in [2.75, 3.05) is 5.32 Å². The zero-order chi connectivity index (χ0) is 29.2. The van der Waals surface area contributed by atoms with Crippen molar-refractivity contribution in [3.8, 4) is 5.75 Å². The first-order chi connectivity index (χ1) is 18.8. The molecular weight excluding hydrogens is 607 g/mol. The van der Waals surface area contributed by atoms with Crippen LogP contribution >= 0.6 is 22.9 Å². The minimum Gasteiger partial charge on any atom is -0.667 e. The number of amides is 4. The summed E-state index contributed by atoms with van der Waals surface area (Å²) in [5.41, 5.74) is 8.53. The number of nitrogens with one attached hydrogen (secondary N) is 4. The molecule has 2 heterocycles. The van der Waals surface area contributed by atoms with Crippen LogP contribution in [0.2, 0.25) is 5.02 Å². The van der Waals surface area contributed by atoms with Gasteiger partial charge in [-0.15, -0.1) is 11.3 Å². The van der Waals surface area contributed by atoms with Gasteiger partial charge >= 0.3 is 64.0 Å². The molecule has 1 aromatic heterocycles. The molecule has 1 fully saturated rings. The number of imide groups is 1. The summed E-state index contributed by atoms with van der Waals surface area (Å²) in [5.74, 6) is -0.735. The quantitative estimate of drug-likeness (QED) is 0.291. The molecule has 3 aromatic rings. The summed E-state index contributed by atoms with van der Waals surface area (Å²) in [6, 6.07) is 6.89. The molecule has 0 bridgehead atoms. The van der Waals surface area contributed by atoms with Crippen LogP contribution in [0.15, 0.2) is 30.3 Å². The molecule has 0 spiro atoms. The van der Waals surface area contributed by atoms with Gasteiger partial charge in [-0.05, 0) is 50.1 Å². The van der Waals surface area contributed by atoms with E-state index in [1.54, 1.807) is 38.1 Å². The zero-order valence-corrected chi connectivity index (χ0v) is 27.1. The summed E-state index contributed by atoms with van der Waals surface area (Å²) < 4.78 is 30.6. The molecule has 0 saturated carbocycles. The number of alkyl halides is 2. The first-order valence-electron chi connectivity index (χ1n) is 12.2. The van der Waals surface area contributed by atoms with Gasteiger partial charge in [0.1, 0.15) is 10.5 Å². The van der Waals surface area contributed by atoms with E-state index >= 15 is 0 Å². The number of halogens is 3. The molecule has 5 rings (SSSR count). The minimum atomic E-state index is -3.01. The Morgan fingerprint density at radius 3 is 2.59 bits per heavy atom. The van der Waals surface area contributed by atoms with Crippen molar-refractivity contribution in [2.24, 2.45) is 0 Å². The molecule has 1 aliphatic carbocycles. The van der Waals surface area contributed by atoms with Crippen LogP contribution in [0.25, 0.3) is 16.0 Å². The smallest absolute Gasteiger partial charge is 0.667 e. The predicted molar refractivity (Wildman–Crippen MR) is 146 cm³/mol. The molecule has 4 amide bonds. The fourth-order valence-electron chi connectivity index (χ4n) is 4.15. The van der Waals surface area contributed by atoms with Gasteiger partial charge in [0.05, 0.1) is 10.2 Å². The molecular formula is C26H25ClF2KN5O5S. The third kappa shape index (κ3) is 8.51. The Labute approximate surface area is 285 Å². The summed E-state index contributed by atoms with van der Waals surface area (Å²) in [6.07, 6.45) is 1.82. The van der Waals surface area contributed by atoms with E-state index in [1.807, 2.05) is 0 Å². The van der Waals surface area contributed by atoms with E-state index in [-0.39, 0.29) is 79.4 Å². The zero-order valence-electron chi connectivity index (χ0n) is 22.4. The molecule has 1 aliphatic heterocycles. The number of rotatable bonds is 5. The van der Waals surface area contributed by atoms with Crippen molar-refractivity contribution < 1.29 is 84.1 Å². The Morgan fingerprint density at radius 2 is 1.93 bits per heavy atom. The van der Waals surface area contributed by atoms with Gasteiger partial charge in [0.15, 0.2) is 11.5 Å². The molecule has 10 nitrogen and oxygen atoms in total. The number of hydrogen-bond acceptors (Lipinski definition) is 7. The third-order valence-electron chi connectivity index (χ3n) is 6.13. The van der Waals surface area contributed by atoms with Crippen molar-refractivity contribution in [3.05, 3.63) is 57.2 Å². The Morgan fingerprint density at radius 1 is 1.20 bits per heavy atom. The molecule has 41 heavy (non-hydrogen) atoms. The van der Waals surface area contributed by atoms with E-state index in [1.165, 1.54) is 17.4 Å². The number of fused-ring (bicyclic) bond motifs is 2. The third-order valence-corrected chi connectivity index (χ3v) is 7.67. The summed E-state index contributed by atoms with van der Waals surface area (Å²) >= 11 is 7.23. The number of urea groups is 1. The monoisotopic (exact) mass is 631 g/mol. The van der Waals surface area contributed by atoms with E-state index in [2.05, 4.69) is 25.7 Å². The number of carbonyl (C=O) groups is 4. The SMILES string of the molecule is CC(C)(NC(=O)Nc1ccc2c(c1)CCC2=O)c1nc2c(OC(F)F)cc(Cl)cc2s1.[K+].[NH-]C1CCC(=O)NC1=O. The van der Waals surface area contributed by atoms with Crippen LogP contribution in [0.3, 0.4) is 0 Å². The average Bonchev–Trinajstić information content (AvgIpc) is 3.45. The predicted octanol–water partition coefficient (Wildman–Crippen LogP) is 2.58. The van der Waals surface area contributed by atoms with Gasteiger partial charge in [-0.2, -0.15) is 8.78 Å². The molecule has 212 valence electrons. The van der Waals surface area contributed by atoms with Crippen LogP contribution in [-0.2, 0) is 21.5 Å². The largest absolute Gasteiger partial charge is 1.00 e. The van der Waals surface area contributed by atoms with Gasteiger partial charge in [-0.25, -0.2) is 9.78 Å². The maximum atomic E-state index is 12.7. The molecule has 2 aromatic carbocycles. The fourth-order valence-corrected chi connectivity index (χ4v) is 5.50. The van der Waals surface area contributed by atoms with Crippen LogP contribution in [0.5, 0.6) is 5.75 Å². The number of thiazole rings is 1. The number of ether oxygens (including phenoxy) is 1. The number of piperidine rings is 1. The minimum absolute atomic E-state index is 0. The van der Waals surface area contributed by atoms with E-state index < -0.39 is 30.1 Å². The van der Waals surface area contributed by atoms with Crippen molar-refractivity contribution in [3.63, 3.8) is 0 Å². The molecule has 0 radical (unpaired) electrons. The Hall–Kier alpha value is -2.04. The van der Waals surface area contributed by atoms with Gasteiger partial charge in [0.25, 0.3) is 0 Å².